The van der Waals surface area contributed by atoms with Crippen LogP contribution in [0.3, 0.4) is 0 Å². The highest BCUT2D eigenvalue weighted by Gasteiger charge is 2.25. The van der Waals surface area contributed by atoms with Gasteiger partial charge in [-0.15, -0.1) is 5.10 Å². The summed E-state index contributed by atoms with van der Waals surface area (Å²) in [5.74, 6) is 1.36. The molecule has 0 aromatic carbocycles. The van der Waals surface area contributed by atoms with Gasteiger partial charge in [-0.05, 0) is 41.8 Å². The Kier molecular flexibility index (Phi) is 3.84. The van der Waals surface area contributed by atoms with Crippen LogP contribution >= 0.6 is 0 Å². The van der Waals surface area contributed by atoms with Crippen LogP contribution in [0.1, 0.15) is 29.6 Å². The molecule has 0 saturated carbocycles. The van der Waals surface area contributed by atoms with E-state index in [2.05, 4.69) is 25.4 Å². The molecule has 1 fully saturated rings. The standard InChI is InChI=1S/C18H19N7O2/c26-18(23-5-2-1-3-6-23)13-10-15-17(19-12-13)24(8-9-27-15)14-4-7-25-16(11-14)20-21-22-25/h4,7,10-12H,1-3,5-6,8-9H2. The van der Waals surface area contributed by atoms with Gasteiger partial charge >= 0.3 is 0 Å². The summed E-state index contributed by atoms with van der Waals surface area (Å²) in [5, 5.41) is 11.5. The van der Waals surface area contributed by atoms with Crippen LogP contribution in [0.15, 0.2) is 30.6 Å². The van der Waals surface area contributed by atoms with E-state index in [1.165, 1.54) is 6.42 Å². The minimum Gasteiger partial charge on any atom is -0.488 e. The Balaban J connectivity index is 1.46. The van der Waals surface area contributed by atoms with E-state index in [4.69, 9.17) is 4.74 Å². The molecule has 5 rings (SSSR count). The second kappa shape index (κ2) is 6.49. The van der Waals surface area contributed by atoms with E-state index in [1.54, 1.807) is 10.7 Å². The summed E-state index contributed by atoms with van der Waals surface area (Å²) >= 11 is 0. The van der Waals surface area contributed by atoms with E-state index in [0.717, 1.165) is 31.6 Å². The fourth-order valence-corrected chi connectivity index (χ4v) is 3.64. The van der Waals surface area contributed by atoms with Crippen molar-refractivity contribution in [2.24, 2.45) is 0 Å². The van der Waals surface area contributed by atoms with Crippen LogP contribution < -0.4 is 9.64 Å². The minimum atomic E-state index is 0.0293. The zero-order chi connectivity index (χ0) is 18.2. The lowest BCUT2D eigenvalue weighted by atomic mass is 10.1. The van der Waals surface area contributed by atoms with E-state index >= 15 is 0 Å². The Bertz CT molecular complexity index is 996. The number of likely N-dealkylation sites (tertiary alicyclic amines) is 1. The van der Waals surface area contributed by atoms with Crippen molar-refractivity contribution in [3.05, 3.63) is 36.2 Å². The fourth-order valence-electron chi connectivity index (χ4n) is 3.64. The molecule has 3 aromatic rings. The lowest BCUT2D eigenvalue weighted by Crippen LogP contribution is -2.36. The van der Waals surface area contributed by atoms with Crippen molar-refractivity contribution >= 4 is 23.1 Å². The number of aromatic nitrogens is 5. The lowest BCUT2D eigenvalue weighted by Gasteiger charge is -2.31. The van der Waals surface area contributed by atoms with Crippen LogP contribution in [0, 0.1) is 0 Å². The average Bonchev–Trinajstić information content (AvgIpc) is 3.21. The molecule has 138 valence electrons. The summed E-state index contributed by atoms with van der Waals surface area (Å²) < 4.78 is 7.42. The largest absolute Gasteiger partial charge is 0.488 e. The highest BCUT2D eigenvalue weighted by molar-refractivity contribution is 5.95. The van der Waals surface area contributed by atoms with E-state index in [0.29, 0.717) is 35.9 Å². The summed E-state index contributed by atoms with van der Waals surface area (Å²) in [6.07, 6.45) is 6.78. The number of rotatable bonds is 2. The van der Waals surface area contributed by atoms with Gasteiger partial charge in [-0.25, -0.2) is 9.50 Å². The minimum absolute atomic E-state index is 0.0293. The first-order valence-electron chi connectivity index (χ1n) is 9.17. The van der Waals surface area contributed by atoms with Crippen molar-refractivity contribution in [3.8, 4) is 5.75 Å². The Morgan fingerprint density at radius 1 is 1.11 bits per heavy atom. The molecule has 0 unspecified atom stereocenters. The SMILES string of the molecule is O=C(c1cnc2c(c1)OCCN2c1ccn2nnnc2c1)N1CCCCC1. The number of nitrogens with zero attached hydrogens (tertiary/aromatic N) is 7. The topological polar surface area (TPSA) is 88.8 Å². The molecule has 2 aliphatic rings. The molecular weight excluding hydrogens is 346 g/mol. The van der Waals surface area contributed by atoms with Crippen LogP contribution in [-0.2, 0) is 0 Å². The first kappa shape index (κ1) is 16.0. The average molecular weight is 365 g/mol. The Hall–Kier alpha value is -3.23. The van der Waals surface area contributed by atoms with Crippen molar-refractivity contribution in [2.45, 2.75) is 19.3 Å². The van der Waals surface area contributed by atoms with Crippen LogP contribution in [0.4, 0.5) is 11.5 Å². The second-order valence-corrected chi connectivity index (χ2v) is 6.77. The molecule has 1 amide bonds. The normalized spacial score (nSPS) is 16.9. The number of piperidine rings is 1. The van der Waals surface area contributed by atoms with Crippen LogP contribution in [0.25, 0.3) is 5.65 Å². The van der Waals surface area contributed by atoms with Crippen molar-refractivity contribution in [3.63, 3.8) is 0 Å². The number of hydrogen-bond acceptors (Lipinski definition) is 7. The molecule has 0 N–H and O–H groups in total. The smallest absolute Gasteiger partial charge is 0.255 e. The number of pyridine rings is 2. The zero-order valence-electron chi connectivity index (χ0n) is 14.8. The molecule has 1 saturated heterocycles. The van der Waals surface area contributed by atoms with Crippen LogP contribution in [0.5, 0.6) is 5.75 Å². The summed E-state index contributed by atoms with van der Waals surface area (Å²) in [4.78, 5) is 21.3. The van der Waals surface area contributed by atoms with Crippen molar-refractivity contribution in [1.82, 2.24) is 29.9 Å². The van der Waals surface area contributed by atoms with Crippen molar-refractivity contribution < 1.29 is 9.53 Å². The molecule has 27 heavy (non-hydrogen) atoms. The molecular formula is C18H19N7O2. The number of fused-ring (bicyclic) bond motifs is 2. The molecule has 0 bridgehead atoms. The summed E-state index contributed by atoms with van der Waals surface area (Å²) in [6, 6.07) is 5.65. The van der Waals surface area contributed by atoms with Gasteiger partial charge in [-0.2, -0.15) is 0 Å². The number of amides is 1. The molecule has 5 heterocycles. The number of carbonyl (C=O) groups is 1. The monoisotopic (exact) mass is 365 g/mol. The van der Waals surface area contributed by atoms with Gasteiger partial charge in [0, 0.05) is 37.2 Å². The Morgan fingerprint density at radius 2 is 2.00 bits per heavy atom. The van der Waals surface area contributed by atoms with Gasteiger partial charge in [-0.1, -0.05) is 0 Å². The first-order chi connectivity index (χ1) is 13.3. The molecule has 0 aliphatic carbocycles. The zero-order valence-corrected chi connectivity index (χ0v) is 14.8. The third kappa shape index (κ3) is 2.84. The van der Waals surface area contributed by atoms with E-state index in [9.17, 15) is 4.79 Å². The van der Waals surface area contributed by atoms with E-state index < -0.39 is 0 Å². The first-order valence-corrected chi connectivity index (χ1v) is 9.17. The van der Waals surface area contributed by atoms with Gasteiger partial charge in [0.15, 0.2) is 17.2 Å². The van der Waals surface area contributed by atoms with Crippen molar-refractivity contribution in [2.75, 3.05) is 31.1 Å². The van der Waals surface area contributed by atoms with E-state index in [1.807, 2.05) is 29.3 Å². The van der Waals surface area contributed by atoms with Crippen molar-refractivity contribution in [1.29, 1.82) is 0 Å². The summed E-state index contributed by atoms with van der Waals surface area (Å²) in [7, 11) is 0. The second-order valence-electron chi connectivity index (χ2n) is 6.77. The van der Waals surface area contributed by atoms with Gasteiger partial charge in [0.05, 0.1) is 12.1 Å². The van der Waals surface area contributed by atoms with Gasteiger partial charge < -0.3 is 14.5 Å². The predicted molar refractivity (Wildman–Crippen MR) is 97.3 cm³/mol. The molecule has 0 radical (unpaired) electrons. The maximum Gasteiger partial charge on any atom is 0.255 e. The molecule has 3 aromatic heterocycles. The number of anilines is 2. The van der Waals surface area contributed by atoms with E-state index in [-0.39, 0.29) is 5.91 Å². The Labute approximate surface area is 155 Å². The highest BCUT2D eigenvalue weighted by Crippen LogP contribution is 2.35. The molecule has 9 nitrogen and oxygen atoms in total. The predicted octanol–water partition coefficient (Wildman–Crippen LogP) is 1.68. The maximum atomic E-state index is 12.7. The molecule has 9 heteroatoms. The van der Waals surface area contributed by atoms with Crippen LogP contribution in [-0.4, -0.2) is 62.1 Å². The molecule has 2 aliphatic heterocycles. The number of hydrogen-bond donors (Lipinski definition) is 0. The summed E-state index contributed by atoms with van der Waals surface area (Å²) in [6.45, 7) is 2.81. The maximum absolute atomic E-state index is 12.7. The van der Waals surface area contributed by atoms with Gasteiger partial charge in [0.2, 0.25) is 0 Å². The quantitative estimate of drug-likeness (QED) is 0.682. The number of ether oxygens (including phenoxy) is 1. The third-order valence-electron chi connectivity index (χ3n) is 5.04. The number of carbonyl (C=O) groups excluding carboxylic acids is 1. The van der Waals surface area contributed by atoms with Gasteiger partial charge in [0.25, 0.3) is 5.91 Å². The Morgan fingerprint density at radius 3 is 2.89 bits per heavy atom. The molecule has 0 atom stereocenters. The lowest BCUT2D eigenvalue weighted by molar-refractivity contribution is 0.0723. The summed E-state index contributed by atoms with van der Waals surface area (Å²) in [5.41, 5.74) is 2.18. The third-order valence-corrected chi connectivity index (χ3v) is 5.04. The fraction of sp³-hybridized carbons (Fsp3) is 0.389. The van der Waals surface area contributed by atoms with Gasteiger partial charge in [0.1, 0.15) is 6.61 Å². The molecule has 0 spiro atoms. The highest BCUT2D eigenvalue weighted by atomic mass is 16.5. The van der Waals surface area contributed by atoms with Gasteiger partial charge in [-0.3, -0.25) is 4.79 Å². The number of tetrazole rings is 1. The van der Waals surface area contributed by atoms with Crippen LogP contribution in [0.2, 0.25) is 0 Å².